The Morgan fingerprint density at radius 3 is 2.75 bits per heavy atom. The number of fused-ring (bicyclic) bond motifs is 1. The van der Waals surface area contributed by atoms with Gasteiger partial charge in [0.15, 0.2) is 5.16 Å². The summed E-state index contributed by atoms with van der Waals surface area (Å²) >= 11 is 7.93. The van der Waals surface area contributed by atoms with Gasteiger partial charge in [0.05, 0.1) is 0 Å². The van der Waals surface area contributed by atoms with Gasteiger partial charge < -0.3 is 9.32 Å². The van der Waals surface area contributed by atoms with Crippen molar-refractivity contribution in [2.75, 3.05) is 18.0 Å². The van der Waals surface area contributed by atoms with Crippen molar-refractivity contribution in [1.82, 2.24) is 14.8 Å². The second kappa shape index (κ2) is 7.12. The summed E-state index contributed by atoms with van der Waals surface area (Å²) < 4.78 is 7.66. The molecule has 0 N–H and O–H groups in total. The molecule has 2 aliphatic rings. The molecule has 0 bridgehead atoms. The summed E-state index contributed by atoms with van der Waals surface area (Å²) in [6, 6.07) is 5.76. The highest BCUT2D eigenvalue weighted by atomic mass is 35.5. The molecule has 28 heavy (non-hydrogen) atoms. The molecule has 1 saturated carbocycles. The molecule has 1 aromatic carbocycles. The Morgan fingerprint density at radius 2 is 2.00 bits per heavy atom. The molecule has 2 fully saturated rings. The van der Waals surface area contributed by atoms with Crippen LogP contribution in [0.25, 0.3) is 11.0 Å². The van der Waals surface area contributed by atoms with E-state index in [9.17, 15) is 4.79 Å². The van der Waals surface area contributed by atoms with Crippen LogP contribution in [0.3, 0.4) is 0 Å². The van der Waals surface area contributed by atoms with E-state index in [0.717, 1.165) is 40.7 Å². The van der Waals surface area contributed by atoms with Crippen molar-refractivity contribution in [3.05, 3.63) is 44.8 Å². The van der Waals surface area contributed by atoms with E-state index in [4.69, 9.17) is 16.0 Å². The van der Waals surface area contributed by atoms with Crippen LogP contribution in [0.2, 0.25) is 5.02 Å². The molecular formula is C20H21ClN4O2S. The largest absolute Gasteiger partial charge is 0.423 e. The van der Waals surface area contributed by atoms with E-state index >= 15 is 0 Å². The van der Waals surface area contributed by atoms with Gasteiger partial charge in [0.2, 0.25) is 5.95 Å². The van der Waals surface area contributed by atoms with Gasteiger partial charge in [-0.2, -0.15) is 0 Å². The average Bonchev–Trinajstić information content (AvgIpc) is 3.19. The monoisotopic (exact) mass is 416 g/mol. The lowest BCUT2D eigenvalue weighted by Gasteiger charge is -2.18. The second-order valence-electron chi connectivity index (χ2n) is 7.55. The van der Waals surface area contributed by atoms with E-state index in [1.807, 2.05) is 19.1 Å². The van der Waals surface area contributed by atoms with E-state index in [1.165, 1.54) is 25.7 Å². The minimum Gasteiger partial charge on any atom is -0.423 e. The zero-order valence-electron chi connectivity index (χ0n) is 15.7. The first-order valence-electron chi connectivity index (χ1n) is 9.65. The van der Waals surface area contributed by atoms with Gasteiger partial charge in [0.25, 0.3) is 0 Å². The third-order valence-electron chi connectivity index (χ3n) is 5.41. The van der Waals surface area contributed by atoms with Crippen LogP contribution in [0.4, 0.5) is 5.95 Å². The summed E-state index contributed by atoms with van der Waals surface area (Å²) in [6.07, 6.45) is 4.79. The molecule has 0 atom stereocenters. The van der Waals surface area contributed by atoms with Crippen LogP contribution in [0, 0.1) is 6.92 Å². The average molecular weight is 417 g/mol. The van der Waals surface area contributed by atoms with Crippen molar-refractivity contribution < 1.29 is 4.42 Å². The molecule has 1 aliphatic heterocycles. The highest BCUT2D eigenvalue weighted by Gasteiger charge is 2.32. The quantitative estimate of drug-likeness (QED) is 0.448. The molecule has 0 amide bonds. The van der Waals surface area contributed by atoms with Crippen LogP contribution >= 0.6 is 23.4 Å². The molecule has 146 valence electrons. The molecular weight excluding hydrogens is 396 g/mol. The van der Waals surface area contributed by atoms with Crippen LogP contribution in [0.1, 0.15) is 42.9 Å². The van der Waals surface area contributed by atoms with Crippen LogP contribution in [0.15, 0.2) is 32.6 Å². The van der Waals surface area contributed by atoms with Gasteiger partial charge in [-0.25, -0.2) is 4.79 Å². The second-order valence-corrected chi connectivity index (χ2v) is 8.90. The number of anilines is 1. The first kappa shape index (κ1) is 18.1. The van der Waals surface area contributed by atoms with Gasteiger partial charge in [-0.1, -0.05) is 23.4 Å². The van der Waals surface area contributed by atoms with Crippen LogP contribution < -0.4 is 10.5 Å². The van der Waals surface area contributed by atoms with Crippen molar-refractivity contribution >= 4 is 40.3 Å². The number of rotatable bonds is 5. The van der Waals surface area contributed by atoms with Crippen LogP contribution in [-0.4, -0.2) is 27.9 Å². The van der Waals surface area contributed by atoms with Crippen molar-refractivity contribution in [2.24, 2.45) is 0 Å². The molecule has 1 aliphatic carbocycles. The van der Waals surface area contributed by atoms with Crippen LogP contribution in [0.5, 0.6) is 0 Å². The summed E-state index contributed by atoms with van der Waals surface area (Å²) in [5, 5.41) is 11.4. The predicted molar refractivity (Wildman–Crippen MR) is 112 cm³/mol. The number of thioether (sulfide) groups is 1. The summed E-state index contributed by atoms with van der Waals surface area (Å²) in [4.78, 5) is 14.4. The number of halogens is 1. The van der Waals surface area contributed by atoms with E-state index < -0.39 is 0 Å². The summed E-state index contributed by atoms with van der Waals surface area (Å²) in [5.74, 6) is 1.62. The summed E-state index contributed by atoms with van der Waals surface area (Å²) in [5.41, 5.74) is 2.04. The lowest BCUT2D eigenvalue weighted by molar-refractivity contribution is 0.559. The van der Waals surface area contributed by atoms with Gasteiger partial charge in [-0.3, -0.25) is 4.57 Å². The third kappa shape index (κ3) is 3.31. The van der Waals surface area contributed by atoms with Gasteiger partial charge in [0, 0.05) is 41.4 Å². The Morgan fingerprint density at radius 1 is 1.21 bits per heavy atom. The fraction of sp³-hybridized carbons (Fsp3) is 0.450. The maximum Gasteiger partial charge on any atom is 0.336 e. The first-order chi connectivity index (χ1) is 13.6. The Labute approximate surface area is 171 Å². The minimum absolute atomic E-state index is 0.341. The fourth-order valence-electron chi connectivity index (χ4n) is 3.76. The summed E-state index contributed by atoms with van der Waals surface area (Å²) in [6.45, 7) is 4.01. The molecule has 6 nitrogen and oxygen atoms in total. The van der Waals surface area contributed by atoms with Gasteiger partial charge in [0.1, 0.15) is 5.58 Å². The topological polar surface area (TPSA) is 64.2 Å². The van der Waals surface area contributed by atoms with Crippen molar-refractivity contribution in [1.29, 1.82) is 0 Å². The zero-order chi connectivity index (χ0) is 19.3. The number of aryl methyl sites for hydroxylation is 1. The molecule has 1 saturated heterocycles. The normalized spacial score (nSPS) is 17.0. The minimum atomic E-state index is -0.341. The molecule has 0 spiro atoms. The highest BCUT2D eigenvalue weighted by molar-refractivity contribution is 7.98. The van der Waals surface area contributed by atoms with E-state index in [-0.39, 0.29) is 5.63 Å². The molecule has 8 heteroatoms. The first-order valence-corrected chi connectivity index (χ1v) is 11.0. The van der Waals surface area contributed by atoms with Gasteiger partial charge >= 0.3 is 5.63 Å². The molecule has 0 radical (unpaired) electrons. The van der Waals surface area contributed by atoms with Crippen LogP contribution in [-0.2, 0) is 5.75 Å². The number of benzene rings is 1. The maximum absolute atomic E-state index is 12.0. The van der Waals surface area contributed by atoms with Crippen molar-refractivity contribution in [2.45, 2.75) is 49.6 Å². The van der Waals surface area contributed by atoms with E-state index in [2.05, 4.69) is 19.7 Å². The van der Waals surface area contributed by atoms with Gasteiger partial charge in [-0.15, -0.1) is 10.2 Å². The molecule has 3 aromatic rings. The highest BCUT2D eigenvalue weighted by Crippen LogP contribution is 2.42. The molecule has 5 rings (SSSR count). The molecule has 2 aromatic heterocycles. The van der Waals surface area contributed by atoms with E-state index in [1.54, 1.807) is 17.8 Å². The summed E-state index contributed by atoms with van der Waals surface area (Å²) in [7, 11) is 0. The fourth-order valence-corrected chi connectivity index (χ4v) is 4.92. The van der Waals surface area contributed by atoms with Crippen molar-refractivity contribution in [3.8, 4) is 0 Å². The number of nitrogens with zero attached hydrogens (tertiary/aromatic N) is 4. The number of hydrogen-bond donors (Lipinski definition) is 0. The Hall–Kier alpha value is -1.99. The lowest BCUT2D eigenvalue weighted by Crippen LogP contribution is -2.22. The predicted octanol–water partition coefficient (Wildman–Crippen LogP) is 4.57. The standard InChI is InChI=1S/C20H21ClN4O2S/c1-12-8-17-15(10-16(12)21)13(9-18(26)27-17)11-28-20-23-22-19(24-6-2-3-7-24)25(20)14-4-5-14/h8-10,14H,2-7,11H2,1H3. The lowest BCUT2D eigenvalue weighted by atomic mass is 10.1. The Kier molecular flexibility index (Phi) is 4.59. The van der Waals surface area contributed by atoms with E-state index in [0.29, 0.717) is 22.4 Å². The Bertz CT molecular complexity index is 1100. The third-order valence-corrected chi connectivity index (χ3v) is 6.81. The zero-order valence-corrected chi connectivity index (χ0v) is 17.2. The molecule has 3 heterocycles. The smallest absolute Gasteiger partial charge is 0.336 e. The number of hydrogen-bond acceptors (Lipinski definition) is 6. The number of aromatic nitrogens is 3. The SMILES string of the molecule is Cc1cc2oc(=O)cc(CSc3nnc(N4CCCC4)n3C3CC3)c2cc1Cl. The van der Waals surface area contributed by atoms with Crippen molar-refractivity contribution in [3.63, 3.8) is 0 Å². The maximum atomic E-state index is 12.0. The van der Waals surface area contributed by atoms with Gasteiger partial charge in [-0.05, 0) is 55.9 Å². The molecule has 0 unspecified atom stereocenters. The Balaban J connectivity index is 1.47.